The number of nitrogens with zero attached hydrogens (tertiary/aromatic N) is 2. The van der Waals surface area contributed by atoms with Crippen LogP contribution in [0.25, 0.3) is 0 Å². The third-order valence-electron chi connectivity index (χ3n) is 2.62. The fourth-order valence-corrected chi connectivity index (χ4v) is 2.02. The third kappa shape index (κ3) is 2.65. The van der Waals surface area contributed by atoms with Crippen LogP contribution in [0.15, 0.2) is 18.2 Å². The van der Waals surface area contributed by atoms with Gasteiger partial charge >= 0.3 is 0 Å². The maximum Gasteiger partial charge on any atom is 0.288 e. The summed E-state index contributed by atoms with van der Waals surface area (Å²) in [5.41, 5.74) is 0.562. The molecule has 1 saturated heterocycles. The summed E-state index contributed by atoms with van der Waals surface area (Å²) >= 11 is 5.80. The molecule has 5 nitrogen and oxygen atoms in total. The number of rotatable bonds is 2. The average molecular weight is 260 g/mol. The fraction of sp³-hybridized carbons (Fsp3) is 0.400. The Morgan fingerprint density at radius 1 is 1.59 bits per heavy atom. The quantitative estimate of drug-likeness (QED) is 0.501. The van der Waals surface area contributed by atoms with Gasteiger partial charge in [0.1, 0.15) is 5.02 Å². The zero-order valence-corrected chi connectivity index (χ0v) is 9.65. The summed E-state index contributed by atoms with van der Waals surface area (Å²) in [7, 11) is 0. The highest BCUT2D eigenvalue weighted by Crippen LogP contribution is 2.29. The smallest absolute Gasteiger partial charge is 0.288 e. The lowest BCUT2D eigenvalue weighted by Gasteiger charge is -2.31. The standard InChI is InChI=1S/C10H11ClFN3O2/c11-8-5-7(1-2-9(8)15(16)17)14-4-3-13-10(12)6-14/h1-2,5,10,13H,3-4,6H2. The molecule has 2 rings (SSSR count). The van der Waals surface area contributed by atoms with E-state index in [0.717, 1.165) is 0 Å². The zero-order chi connectivity index (χ0) is 12.4. The van der Waals surface area contributed by atoms with E-state index in [0.29, 0.717) is 18.8 Å². The Balaban J connectivity index is 2.22. The number of nitrogens with one attached hydrogen (secondary N) is 1. The normalized spacial score (nSPS) is 20.4. The number of hydrogen-bond acceptors (Lipinski definition) is 4. The van der Waals surface area contributed by atoms with Crippen molar-refractivity contribution in [3.05, 3.63) is 33.3 Å². The van der Waals surface area contributed by atoms with E-state index in [2.05, 4.69) is 5.32 Å². The molecule has 0 bridgehead atoms. The maximum absolute atomic E-state index is 13.1. The van der Waals surface area contributed by atoms with Crippen molar-refractivity contribution in [1.82, 2.24) is 5.32 Å². The van der Waals surface area contributed by atoms with Crippen molar-refractivity contribution in [3.8, 4) is 0 Å². The molecular formula is C10H11ClFN3O2. The predicted octanol–water partition coefficient (Wildman–Crippen LogP) is 1.95. The van der Waals surface area contributed by atoms with E-state index in [1.165, 1.54) is 12.1 Å². The number of benzene rings is 1. The molecule has 0 aromatic heterocycles. The van der Waals surface area contributed by atoms with Crippen molar-refractivity contribution in [1.29, 1.82) is 0 Å². The van der Waals surface area contributed by atoms with Crippen molar-refractivity contribution in [2.75, 3.05) is 24.5 Å². The molecular weight excluding hydrogens is 249 g/mol. The lowest BCUT2D eigenvalue weighted by molar-refractivity contribution is -0.384. The van der Waals surface area contributed by atoms with Gasteiger partial charge in [-0.15, -0.1) is 0 Å². The average Bonchev–Trinajstić information content (AvgIpc) is 2.28. The van der Waals surface area contributed by atoms with Crippen molar-refractivity contribution in [2.24, 2.45) is 0 Å². The van der Waals surface area contributed by atoms with Gasteiger partial charge in [0.15, 0.2) is 6.30 Å². The van der Waals surface area contributed by atoms with Crippen LogP contribution in [0.5, 0.6) is 0 Å². The van der Waals surface area contributed by atoms with Crippen molar-refractivity contribution < 1.29 is 9.31 Å². The first kappa shape index (κ1) is 12.1. The number of alkyl halides is 1. The second-order valence-electron chi connectivity index (χ2n) is 3.76. The molecule has 1 aromatic rings. The molecule has 1 heterocycles. The van der Waals surface area contributed by atoms with E-state index in [1.807, 2.05) is 0 Å². The second kappa shape index (κ2) is 4.85. The molecule has 0 radical (unpaired) electrons. The largest absolute Gasteiger partial charge is 0.366 e. The van der Waals surface area contributed by atoms with Crippen LogP contribution in [0.3, 0.4) is 0 Å². The van der Waals surface area contributed by atoms with E-state index < -0.39 is 11.2 Å². The van der Waals surface area contributed by atoms with E-state index in [-0.39, 0.29) is 17.3 Å². The monoisotopic (exact) mass is 259 g/mol. The Kier molecular flexibility index (Phi) is 3.44. The van der Waals surface area contributed by atoms with E-state index in [4.69, 9.17) is 11.6 Å². The van der Waals surface area contributed by atoms with Crippen molar-refractivity contribution in [3.63, 3.8) is 0 Å². The van der Waals surface area contributed by atoms with Gasteiger partial charge in [-0.1, -0.05) is 11.6 Å². The van der Waals surface area contributed by atoms with Gasteiger partial charge in [-0.25, -0.2) is 4.39 Å². The molecule has 0 spiro atoms. The minimum absolute atomic E-state index is 0.0708. The first-order valence-electron chi connectivity index (χ1n) is 5.14. The van der Waals surface area contributed by atoms with Gasteiger partial charge < -0.3 is 4.90 Å². The van der Waals surface area contributed by atoms with Crippen LogP contribution in [0.2, 0.25) is 5.02 Å². The molecule has 1 aliphatic rings. The van der Waals surface area contributed by atoms with Gasteiger partial charge in [0.25, 0.3) is 5.69 Å². The van der Waals surface area contributed by atoms with E-state index in [9.17, 15) is 14.5 Å². The highest BCUT2D eigenvalue weighted by atomic mass is 35.5. The first-order chi connectivity index (χ1) is 8.08. The first-order valence-corrected chi connectivity index (χ1v) is 5.52. The van der Waals surface area contributed by atoms with Crippen molar-refractivity contribution in [2.45, 2.75) is 6.30 Å². The minimum Gasteiger partial charge on any atom is -0.366 e. The van der Waals surface area contributed by atoms with Crippen LogP contribution in [0.4, 0.5) is 15.8 Å². The molecule has 1 fully saturated rings. The Morgan fingerprint density at radius 2 is 2.35 bits per heavy atom. The molecule has 17 heavy (non-hydrogen) atoms. The molecule has 1 unspecified atom stereocenters. The zero-order valence-electron chi connectivity index (χ0n) is 8.90. The summed E-state index contributed by atoms with van der Waals surface area (Å²) in [6, 6.07) is 4.42. The second-order valence-corrected chi connectivity index (χ2v) is 4.17. The Hall–Kier alpha value is -1.40. The molecule has 7 heteroatoms. The van der Waals surface area contributed by atoms with Crippen LogP contribution in [-0.2, 0) is 0 Å². The lowest BCUT2D eigenvalue weighted by atomic mass is 10.2. The van der Waals surface area contributed by atoms with Gasteiger partial charge in [0, 0.05) is 24.8 Å². The molecule has 1 aromatic carbocycles. The van der Waals surface area contributed by atoms with Gasteiger partial charge in [-0.3, -0.25) is 15.4 Å². The highest BCUT2D eigenvalue weighted by molar-refractivity contribution is 6.32. The molecule has 92 valence electrons. The number of anilines is 1. The number of piperazine rings is 1. The molecule has 1 atom stereocenters. The number of halogens is 2. The summed E-state index contributed by atoms with van der Waals surface area (Å²) in [4.78, 5) is 11.9. The van der Waals surface area contributed by atoms with Gasteiger partial charge in [0.05, 0.1) is 11.5 Å². The van der Waals surface area contributed by atoms with Crippen LogP contribution in [-0.4, -0.2) is 30.9 Å². The Morgan fingerprint density at radius 3 is 2.94 bits per heavy atom. The van der Waals surface area contributed by atoms with E-state index >= 15 is 0 Å². The van der Waals surface area contributed by atoms with Crippen LogP contribution in [0.1, 0.15) is 0 Å². The predicted molar refractivity (Wildman–Crippen MR) is 63.2 cm³/mol. The molecule has 1 aliphatic heterocycles. The van der Waals surface area contributed by atoms with E-state index in [1.54, 1.807) is 11.0 Å². The molecule has 1 N–H and O–H groups in total. The van der Waals surface area contributed by atoms with Gasteiger partial charge in [-0.2, -0.15) is 0 Å². The summed E-state index contributed by atoms with van der Waals surface area (Å²) in [5.74, 6) is 0. The van der Waals surface area contributed by atoms with Crippen LogP contribution >= 0.6 is 11.6 Å². The fourth-order valence-electron chi connectivity index (χ4n) is 1.78. The summed E-state index contributed by atoms with van der Waals surface area (Å²) in [6.45, 7) is 1.40. The number of hydrogen-bond donors (Lipinski definition) is 1. The topological polar surface area (TPSA) is 58.4 Å². The Labute approximate surface area is 102 Å². The van der Waals surface area contributed by atoms with Crippen molar-refractivity contribution >= 4 is 23.0 Å². The Bertz CT molecular complexity index is 444. The molecule has 0 aliphatic carbocycles. The summed E-state index contributed by atoms with van der Waals surface area (Å²) in [6.07, 6.45) is -1.09. The van der Waals surface area contributed by atoms with Crippen LogP contribution < -0.4 is 10.2 Å². The summed E-state index contributed by atoms with van der Waals surface area (Å²) < 4.78 is 13.1. The van der Waals surface area contributed by atoms with Crippen LogP contribution in [0, 0.1) is 10.1 Å². The minimum atomic E-state index is -1.09. The third-order valence-corrected chi connectivity index (χ3v) is 2.92. The van der Waals surface area contributed by atoms with Gasteiger partial charge in [0.2, 0.25) is 0 Å². The number of nitro groups is 1. The highest BCUT2D eigenvalue weighted by Gasteiger charge is 2.20. The lowest BCUT2D eigenvalue weighted by Crippen LogP contribution is -2.48. The summed E-state index contributed by atoms with van der Waals surface area (Å²) in [5, 5.41) is 13.3. The molecule has 0 amide bonds. The number of nitro benzene ring substituents is 1. The van der Waals surface area contributed by atoms with Gasteiger partial charge in [-0.05, 0) is 12.1 Å². The molecule has 0 saturated carbocycles. The maximum atomic E-state index is 13.1. The SMILES string of the molecule is O=[N+]([O-])c1ccc(N2CCNC(F)C2)cc1Cl.